The van der Waals surface area contributed by atoms with Gasteiger partial charge in [-0.3, -0.25) is 0 Å². The zero-order valence-corrected chi connectivity index (χ0v) is 33.2. The van der Waals surface area contributed by atoms with E-state index in [1.54, 1.807) is 0 Å². The summed E-state index contributed by atoms with van der Waals surface area (Å²) < 4.78 is 1.76. The molecule has 156 valence electrons. The molecule has 0 aliphatic rings. The number of halogens is 8. The molecule has 5 aromatic rings. The van der Waals surface area contributed by atoms with Crippen LogP contribution in [0.2, 0.25) is 0 Å². The third-order valence-corrected chi connectivity index (χ3v) is 11.5. The molecule has 0 bridgehead atoms. The summed E-state index contributed by atoms with van der Waals surface area (Å²) in [5.74, 6) is 0. The van der Waals surface area contributed by atoms with Gasteiger partial charge in [-0.05, 0) is 43.1 Å². The van der Waals surface area contributed by atoms with E-state index in [1.807, 2.05) is 0 Å². The van der Waals surface area contributed by atoms with E-state index in [9.17, 15) is 0 Å². The van der Waals surface area contributed by atoms with E-state index < -0.39 is 0 Å². The first-order chi connectivity index (χ1) is 15.2. The van der Waals surface area contributed by atoms with E-state index in [-0.39, 0.29) is 0 Å². The van der Waals surface area contributed by atoms with Crippen molar-refractivity contribution >= 4 is 254 Å². The van der Waals surface area contributed by atoms with E-state index in [2.05, 4.69) is 228 Å². The third-order valence-electron chi connectivity index (χ3n) is 5.78. The summed E-state index contributed by atoms with van der Waals surface area (Å²) in [4.78, 5) is 0. The first kappa shape index (κ1) is 27.1. The smallest absolute Gasteiger partial charge is 0.127 e. The Kier molecular flexibility index (Phi) is 9.26. The number of benzene rings is 5. The second-order valence-corrected chi connectivity index (χ2v) is 27.2. The average molecular weight is 1310 g/mol. The van der Waals surface area contributed by atoms with Crippen LogP contribution >= 0.6 is 179 Å². The van der Waals surface area contributed by atoms with Crippen molar-refractivity contribution in [1.29, 1.82) is 0 Å². The summed E-state index contributed by atoms with van der Waals surface area (Å²) in [6, 6.07) is 19.5. The Morgan fingerprint density at radius 1 is 0.344 bits per heavy atom. The fourth-order valence-electron chi connectivity index (χ4n) is 4.48. The molecule has 5 aromatic carbocycles. The summed E-state index contributed by atoms with van der Waals surface area (Å²) in [6.45, 7) is 0. The van der Waals surface area contributed by atoms with Crippen molar-refractivity contribution in [2.45, 2.75) is 0 Å². The maximum absolute atomic E-state index is 2.54. The molecule has 0 atom stereocenters. The normalized spacial score (nSPS) is 11.8. The molecular formula is C20H8B4I8. The maximum Gasteiger partial charge on any atom is 0.320 e. The summed E-state index contributed by atoms with van der Waals surface area (Å²) >= 11 is 20.3. The highest BCUT2D eigenvalue weighted by Gasteiger charge is 2.22. The fraction of sp³-hybridized carbons (Fsp3) is 0. The fourth-order valence-corrected chi connectivity index (χ4v) is 7.35. The van der Waals surface area contributed by atoms with Crippen LogP contribution in [0.4, 0.5) is 0 Å². The molecule has 0 saturated carbocycles. The van der Waals surface area contributed by atoms with Gasteiger partial charge in [-0.15, -0.1) is 179 Å². The van der Waals surface area contributed by atoms with Crippen molar-refractivity contribution in [2.75, 3.05) is 0 Å². The lowest BCUT2D eigenvalue weighted by atomic mass is 9.79. The Balaban J connectivity index is 2.12. The molecule has 0 nitrogen and oxygen atoms in total. The van der Waals surface area contributed by atoms with Crippen molar-refractivity contribution < 1.29 is 0 Å². The van der Waals surface area contributed by atoms with Crippen LogP contribution in [0.15, 0.2) is 48.5 Å². The molecule has 0 heterocycles. The first-order valence-electron chi connectivity index (χ1n) is 9.52. The van der Waals surface area contributed by atoms with Crippen LogP contribution in [0.25, 0.3) is 43.1 Å². The molecule has 0 saturated heterocycles. The van der Waals surface area contributed by atoms with E-state index in [0.717, 1.165) is 0 Å². The van der Waals surface area contributed by atoms with E-state index in [1.165, 1.54) is 64.9 Å². The van der Waals surface area contributed by atoms with Crippen LogP contribution in [0.1, 0.15) is 0 Å². The van der Waals surface area contributed by atoms with E-state index in [4.69, 9.17) is 0 Å². The van der Waals surface area contributed by atoms with Gasteiger partial charge in [0, 0.05) is 0 Å². The highest BCUT2D eigenvalue weighted by atomic mass is 127. The molecule has 0 amide bonds. The van der Waals surface area contributed by atoms with Gasteiger partial charge in [-0.2, -0.15) is 0 Å². The van der Waals surface area contributed by atoms with Crippen LogP contribution in [0, 0.1) is 0 Å². The minimum absolute atomic E-state index is 0.441. The van der Waals surface area contributed by atoms with Gasteiger partial charge >= 0.3 is 9.70 Å². The number of fused-ring (bicyclic) bond motifs is 2. The Hall–Kier alpha value is 3.50. The lowest BCUT2D eigenvalue weighted by molar-refractivity contribution is 1.87. The SMILES string of the molecule is IB(I)c1cc2cc(B(I)I)cc3c4cc(B(I)I)cc5cc(B(I)I)cc(c(c1)c23)c54. The second-order valence-electron chi connectivity index (χ2n) is 7.67. The Labute approximate surface area is 295 Å². The van der Waals surface area contributed by atoms with Crippen molar-refractivity contribution in [3.05, 3.63) is 48.5 Å². The lowest BCUT2D eigenvalue weighted by Gasteiger charge is -2.19. The minimum Gasteiger partial charge on any atom is -0.127 e. The monoisotopic (exact) mass is 1310 g/mol. The molecule has 0 aliphatic carbocycles. The van der Waals surface area contributed by atoms with Crippen LogP contribution in [-0.4, -0.2) is 9.70 Å². The zero-order valence-electron chi connectivity index (χ0n) is 16.0. The van der Waals surface area contributed by atoms with Crippen molar-refractivity contribution in [3.8, 4) is 0 Å². The summed E-state index contributed by atoms with van der Waals surface area (Å²) in [5.41, 5.74) is 5.59. The summed E-state index contributed by atoms with van der Waals surface area (Å²) in [6.07, 6.45) is 0. The number of rotatable bonds is 4. The zero-order chi connectivity index (χ0) is 22.9. The predicted octanol–water partition coefficient (Wildman–Crippen LogP) is 8.00. The molecule has 0 radical (unpaired) electrons. The predicted molar refractivity (Wildman–Crippen MR) is 221 cm³/mol. The van der Waals surface area contributed by atoms with Crippen molar-refractivity contribution in [2.24, 2.45) is 0 Å². The van der Waals surface area contributed by atoms with Gasteiger partial charge in [0.05, 0.1) is 0 Å². The maximum atomic E-state index is 2.54. The second kappa shape index (κ2) is 10.9. The summed E-state index contributed by atoms with van der Waals surface area (Å²) in [7, 11) is 0. The van der Waals surface area contributed by atoms with Gasteiger partial charge in [0.15, 0.2) is 0 Å². The third kappa shape index (κ3) is 5.07. The largest absolute Gasteiger partial charge is 0.320 e. The molecule has 0 fully saturated rings. The molecule has 0 aliphatic heterocycles. The Morgan fingerprint density at radius 3 is 0.750 bits per heavy atom. The summed E-state index contributed by atoms with van der Waals surface area (Å²) in [5, 5.41) is 11.2. The standard InChI is InChI=1S/C20H8B4I8/c25-21(26)11-1-9-2-12(22(27)28)6-16-18-8-14(24(31)32)4-10-3-13(23(29)30)7-17(20(10)18)15(5-11)19(9)16/h1-8H. The first-order valence-corrected chi connectivity index (χ1v) is 19.5. The van der Waals surface area contributed by atoms with E-state index in [0.29, 0.717) is 9.70 Å². The van der Waals surface area contributed by atoms with Crippen LogP contribution in [-0.2, 0) is 0 Å². The Bertz CT molecular complexity index is 1280. The number of hydrogen-bond acceptors (Lipinski definition) is 0. The molecule has 0 aromatic heterocycles. The van der Waals surface area contributed by atoms with Crippen LogP contribution in [0.3, 0.4) is 0 Å². The van der Waals surface area contributed by atoms with Gasteiger partial charge in [0.25, 0.3) is 0 Å². The van der Waals surface area contributed by atoms with Gasteiger partial charge < -0.3 is 0 Å². The highest BCUT2D eigenvalue weighted by molar-refractivity contribution is 14.3. The molecular weight excluding hydrogens is 1300 g/mol. The topological polar surface area (TPSA) is 0 Å². The minimum atomic E-state index is 0.441. The molecule has 32 heavy (non-hydrogen) atoms. The van der Waals surface area contributed by atoms with E-state index >= 15 is 0 Å². The average Bonchev–Trinajstić information content (AvgIpc) is 2.75. The van der Waals surface area contributed by atoms with Gasteiger partial charge in [0.1, 0.15) is 0 Å². The lowest BCUT2D eigenvalue weighted by Crippen LogP contribution is -2.21. The van der Waals surface area contributed by atoms with Crippen molar-refractivity contribution in [1.82, 2.24) is 0 Å². The highest BCUT2D eigenvalue weighted by Crippen LogP contribution is 2.40. The van der Waals surface area contributed by atoms with Crippen LogP contribution in [0.5, 0.6) is 0 Å². The van der Waals surface area contributed by atoms with Gasteiger partial charge in [-0.25, -0.2) is 0 Å². The molecule has 0 unspecified atom stereocenters. The van der Waals surface area contributed by atoms with Crippen LogP contribution < -0.4 is 21.9 Å². The van der Waals surface area contributed by atoms with Gasteiger partial charge in [-0.1, -0.05) is 70.4 Å². The quantitative estimate of drug-likeness (QED) is 0.0742. The molecule has 5 rings (SSSR count). The number of hydrogen-bond donors (Lipinski definition) is 0. The Morgan fingerprint density at radius 2 is 0.562 bits per heavy atom. The van der Waals surface area contributed by atoms with Crippen molar-refractivity contribution in [3.63, 3.8) is 0 Å². The molecule has 12 heteroatoms. The molecule has 0 N–H and O–H groups in total. The van der Waals surface area contributed by atoms with Gasteiger partial charge in [0.2, 0.25) is 0 Å². The molecule has 0 spiro atoms.